The minimum atomic E-state index is -0.174. The molecule has 2 rings (SSSR count). The van der Waals surface area contributed by atoms with E-state index in [1.807, 2.05) is 0 Å². The van der Waals surface area contributed by atoms with Gasteiger partial charge in [0.1, 0.15) is 0 Å². The van der Waals surface area contributed by atoms with E-state index < -0.39 is 0 Å². The van der Waals surface area contributed by atoms with Gasteiger partial charge in [-0.05, 0) is 24.7 Å². The van der Waals surface area contributed by atoms with E-state index >= 15 is 0 Å². The van der Waals surface area contributed by atoms with E-state index in [1.54, 1.807) is 7.11 Å². The second-order valence-corrected chi connectivity index (χ2v) is 7.18. The van der Waals surface area contributed by atoms with E-state index in [-0.39, 0.29) is 36.8 Å². The first-order valence-electron chi connectivity index (χ1n) is 9.07. The van der Waals surface area contributed by atoms with Crippen molar-refractivity contribution in [1.29, 1.82) is 0 Å². The van der Waals surface area contributed by atoms with Gasteiger partial charge in [0, 0.05) is 56.2 Å². The molecule has 2 aliphatic heterocycles. The van der Waals surface area contributed by atoms with E-state index in [1.165, 1.54) is 0 Å². The number of rotatable bonds is 5. The molecule has 2 heterocycles. The lowest BCUT2D eigenvalue weighted by molar-refractivity contribution is -0.271. The number of hydrogen-bond acceptors (Lipinski definition) is 4. The van der Waals surface area contributed by atoms with E-state index in [4.69, 9.17) is 18.9 Å². The standard InChI is InChI=1S/C18H34O4.I2/c1-8-14-11(4)10(3)12(5)18(20-14)22-16-13(6)17(19-7)21-15(16)9-2;1-2/h10-18H,8-9H2,1-7H3;. The van der Waals surface area contributed by atoms with E-state index in [0.717, 1.165) is 12.8 Å². The molecule has 0 radical (unpaired) electrons. The third-order valence-corrected chi connectivity index (χ3v) is 5.93. The lowest BCUT2D eigenvalue weighted by Gasteiger charge is -2.44. The summed E-state index contributed by atoms with van der Waals surface area (Å²) in [5, 5.41) is 0. The zero-order chi connectivity index (χ0) is 18.4. The summed E-state index contributed by atoms with van der Waals surface area (Å²) in [4.78, 5) is 0. The molecular formula is C18H34I2O4. The van der Waals surface area contributed by atoms with E-state index in [9.17, 15) is 0 Å². The zero-order valence-electron chi connectivity index (χ0n) is 16.0. The molecule has 0 amide bonds. The minimum absolute atomic E-state index is 0.0421. The summed E-state index contributed by atoms with van der Waals surface area (Å²) in [5.41, 5.74) is 0. The van der Waals surface area contributed by atoms with Gasteiger partial charge in [0.25, 0.3) is 0 Å². The quantitative estimate of drug-likeness (QED) is 0.405. The fraction of sp³-hybridized carbons (Fsp3) is 1.00. The molecule has 0 aliphatic carbocycles. The van der Waals surface area contributed by atoms with Gasteiger partial charge in [0.05, 0.1) is 18.3 Å². The third kappa shape index (κ3) is 5.18. The highest BCUT2D eigenvalue weighted by atomic mass is 128. The minimum Gasteiger partial charge on any atom is -0.355 e. The van der Waals surface area contributed by atoms with Crippen molar-refractivity contribution in [2.24, 2.45) is 23.7 Å². The molecule has 2 aliphatic rings. The first-order valence-corrected chi connectivity index (χ1v) is 15.4. The molecule has 0 aromatic heterocycles. The molecule has 0 saturated carbocycles. The van der Waals surface area contributed by atoms with E-state index in [0.29, 0.717) is 17.8 Å². The Balaban J connectivity index is 0.00000139. The Morgan fingerprint density at radius 1 is 0.750 bits per heavy atom. The predicted molar refractivity (Wildman–Crippen MR) is 114 cm³/mol. The van der Waals surface area contributed by atoms with Crippen LogP contribution >= 0.6 is 37.2 Å². The van der Waals surface area contributed by atoms with Crippen LogP contribution in [0.2, 0.25) is 0 Å². The SMILES string of the molecule is CCC1OC(OC2C(CC)OC(OC)C2C)C(C)C(C)C1C.II. The summed E-state index contributed by atoms with van der Waals surface area (Å²) in [7, 11) is 1.70. The lowest BCUT2D eigenvalue weighted by atomic mass is 9.78. The molecule has 9 atom stereocenters. The Morgan fingerprint density at radius 2 is 1.29 bits per heavy atom. The fourth-order valence-corrected chi connectivity index (χ4v) is 3.94. The highest BCUT2D eigenvalue weighted by molar-refractivity contribution is 15.0. The molecule has 9 unspecified atom stereocenters. The first kappa shape index (κ1) is 23.3. The Morgan fingerprint density at radius 3 is 1.79 bits per heavy atom. The summed E-state index contributed by atoms with van der Waals surface area (Å²) in [6.45, 7) is 13.3. The third-order valence-electron chi connectivity index (χ3n) is 5.93. The maximum absolute atomic E-state index is 6.44. The largest absolute Gasteiger partial charge is 0.355 e. The number of halogens is 2. The highest BCUT2D eigenvalue weighted by Gasteiger charge is 2.46. The maximum atomic E-state index is 6.44. The van der Waals surface area contributed by atoms with Crippen LogP contribution < -0.4 is 0 Å². The van der Waals surface area contributed by atoms with Crippen molar-refractivity contribution >= 4 is 37.2 Å². The van der Waals surface area contributed by atoms with Crippen LogP contribution in [0, 0.1) is 23.7 Å². The second-order valence-electron chi connectivity index (χ2n) is 7.18. The van der Waals surface area contributed by atoms with Gasteiger partial charge in [-0.25, -0.2) is 0 Å². The average molecular weight is 568 g/mol. The summed E-state index contributed by atoms with van der Waals surface area (Å²) in [6.07, 6.45) is 2.06. The molecule has 4 nitrogen and oxygen atoms in total. The summed E-state index contributed by atoms with van der Waals surface area (Å²) in [5.74, 6) is 1.79. The summed E-state index contributed by atoms with van der Waals surface area (Å²) >= 11 is 4.24. The van der Waals surface area contributed by atoms with Gasteiger partial charge in [-0.2, -0.15) is 0 Å². The van der Waals surface area contributed by atoms with Crippen LogP contribution in [0.5, 0.6) is 0 Å². The highest BCUT2D eigenvalue weighted by Crippen LogP contribution is 2.40. The Bertz CT molecular complexity index is 354. The number of hydrogen-bond donors (Lipinski definition) is 0. The van der Waals surface area contributed by atoms with Gasteiger partial charge < -0.3 is 18.9 Å². The van der Waals surface area contributed by atoms with Crippen molar-refractivity contribution in [3.63, 3.8) is 0 Å². The second kappa shape index (κ2) is 11.2. The maximum Gasteiger partial charge on any atom is 0.162 e. The summed E-state index contributed by atoms with van der Waals surface area (Å²) < 4.78 is 24.1. The molecule has 0 aromatic rings. The van der Waals surface area contributed by atoms with Crippen molar-refractivity contribution in [2.45, 2.75) is 85.3 Å². The van der Waals surface area contributed by atoms with Crippen LogP contribution in [0.3, 0.4) is 0 Å². The molecule has 0 bridgehead atoms. The van der Waals surface area contributed by atoms with Crippen molar-refractivity contribution in [2.75, 3.05) is 7.11 Å². The molecule has 24 heavy (non-hydrogen) atoms. The smallest absolute Gasteiger partial charge is 0.162 e. The van der Waals surface area contributed by atoms with Crippen LogP contribution in [0.4, 0.5) is 0 Å². The van der Waals surface area contributed by atoms with Crippen LogP contribution in [-0.2, 0) is 18.9 Å². The molecule has 0 aromatic carbocycles. The van der Waals surface area contributed by atoms with Crippen molar-refractivity contribution in [3.05, 3.63) is 0 Å². The van der Waals surface area contributed by atoms with Gasteiger partial charge >= 0.3 is 0 Å². The topological polar surface area (TPSA) is 36.9 Å². The predicted octanol–water partition coefficient (Wildman–Crippen LogP) is 5.60. The van der Waals surface area contributed by atoms with Gasteiger partial charge in [0.2, 0.25) is 0 Å². The van der Waals surface area contributed by atoms with E-state index in [2.05, 4.69) is 78.8 Å². The molecule has 2 fully saturated rings. The Kier molecular flexibility index (Phi) is 10.9. The average Bonchev–Trinajstić information content (AvgIpc) is 2.92. The van der Waals surface area contributed by atoms with Crippen molar-refractivity contribution < 1.29 is 18.9 Å². The Hall–Kier alpha value is 1.30. The molecule has 0 N–H and O–H groups in total. The van der Waals surface area contributed by atoms with Crippen LogP contribution in [0.25, 0.3) is 0 Å². The molecule has 6 heteroatoms. The lowest BCUT2D eigenvalue weighted by Crippen LogP contribution is -2.48. The van der Waals surface area contributed by atoms with Crippen LogP contribution in [0.15, 0.2) is 0 Å². The zero-order valence-corrected chi connectivity index (χ0v) is 20.3. The fourth-order valence-electron chi connectivity index (χ4n) is 3.94. The molecule has 0 spiro atoms. The normalized spacial score (nSPS) is 45.6. The first-order chi connectivity index (χ1) is 11.4. The van der Waals surface area contributed by atoms with Crippen molar-refractivity contribution in [3.8, 4) is 0 Å². The van der Waals surface area contributed by atoms with Gasteiger partial charge in [0.15, 0.2) is 12.6 Å². The van der Waals surface area contributed by atoms with Crippen LogP contribution in [-0.4, -0.2) is 38.0 Å². The van der Waals surface area contributed by atoms with Gasteiger partial charge in [-0.15, -0.1) is 0 Å². The van der Waals surface area contributed by atoms with Crippen LogP contribution in [0.1, 0.15) is 54.4 Å². The van der Waals surface area contributed by atoms with Crippen molar-refractivity contribution in [1.82, 2.24) is 0 Å². The van der Waals surface area contributed by atoms with Gasteiger partial charge in [-0.1, -0.05) is 41.5 Å². The Labute approximate surface area is 171 Å². The van der Waals surface area contributed by atoms with Gasteiger partial charge in [-0.3, -0.25) is 0 Å². The molecular weight excluding hydrogens is 534 g/mol. The monoisotopic (exact) mass is 568 g/mol. The number of methoxy groups -OCH3 is 1. The molecule has 2 saturated heterocycles. The molecule has 144 valence electrons. The summed E-state index contributed by atoms with van der Waals surface area (Å²) in [6, 6.07) is 0. The number of ether oxygens (including phenoxy) is 4.